The Kier molecular flexibility index (Phi) is 5.01. The van der Waals surface area contributed by atoms with Crippen molar-refractivity contribution in [3.63, 3.8) is 0 Å². The second kappa shape index (κ2) is 7.13. The summed E-state index contributed by atoms with van der Waals surface area (Å²) in [6.45, 7) is 3.36. The van der Waals surface area contributed by atoms with Crippen molar-refractivity contribution in [2.75, 3.05) is 19.6 Å². The summed E-state index contributed by atoms with van der Waals surface area (Å²) in [6.07, 6.45) is 4.69. The van der Waals surface area contributed by atoms with Crippen molar-refractivity contribution in [1.82, 2.24) is 15.1 Å². The average Bonchev–Trinajstić information content (AvgIpc) is 3.10. The summed E-state index contributed by atoms with van der Waals surface area (Å²) in [7, 11) is 0. The van der Waals surface area contributed by atoms with Gasteiger partial charge in [0.1, 0.15) is 6.04 Å². The van der Waals surface area contributed by atoms with Gasteiger partial charge < -0.3 is 15.1 Å². The highest BCUT2D eigenvalue weighted by molar-refractivity contribution is 7.10. The molecule has 0 spiro atoms. The molecular formula is C19H26ClN3O2S. The molecule has 4 atom stereocenters. The molecule has 5 rings (SSSR count). The van der Waals surface area contributed by atoms with Crippen molar-refractivity contribution < 1.29 is 9.59 Å². The Balaban J connectivity index is 0.00000168. The number of nitrogens with zero attached hydrogens (tertiary/aromatic N) is 2. The zero-order valence-corrected chi connectivity index (χ0v) is 16.5. The van der Waals surface area contributed by atoms with Crippen LogP contribution in [-0.4, -0.2) is 53.3 Å². The standard InChI is InChI=1S/C19H25N3O2S.ClH/c23-17-3-1-2-15-13-8-14(10-20-9-13)18(22(15)17)19(24)21-6-4-16-12(11-21)5-7-25-16;/h5,7,13-15,18,20H,1-4,6,8-11H2;1H/t13-,14+,15+,18-;/m1./s1. The fourth-order valence-electron chi connectivity index (χ4n) is 5.45. The normalized spacial score (nSPS) is 33.2. The number of nitrogens with one attached hydrogen (secondary N) is 1. The Morgan fingerprint density at radius 3 is 2.96 bits per heavy atom. The van der Waals surface area contributed by atoms with Gasteiger partial charge in [0.15, 0.2) is 0 Å². The Bertz CT molecular complexity index is 709. The van der Waals surface area contributed by atoms with Crippen LogP contribution in [0.5, 0.6) is 0 Å². The highest BCUT2D eigenvalue weighted by Crippen LogP contribution is 2.40. The molecule has 4 aliphatic rings. The predicted octanol–water partition coefficient (Wildman–Crippen LogP) is 2.04. The topological polar surface area (TPSA) is 52.7 Å². The lowest BCUT2D eigenvalue weighted by Gasteiger charge is -2.54. The third kappa shape index (κ3) is 2.86. The van der Waals surface area contributed by atoms with Crippen molar-refractivity contribution in [1.29, 1.82) is 0 Å². The maximum atomic E-state index is 13.5. The molecule has 3 fully saturated rings. The number of hydrogen-bond donors (Lipinski definition) is 1. The molecule has 0 aromatic carbocycles. The molecular weight excluding hydrogens is 370 g/mol. The Morgan fingerprint density at radius 2 is 2.08 bits per heavy atom. The second-order valence-corrected chi connectivity index (χ2v) is 9.00. The lowest BCUT2D eigenvalue weighted by Crippen LogP contribution is -2.68. The number of piperidine rings is 3. The minimum Gasteiger partial charge on any atom is -0.336 e. The first-order valence-corrected chi connectivity index (χ1v) is 10.5. The number of fused-ring (bicyclic) bond motifs is 5. The molecule has 2 amide bonds. The summed E-state index contributed by atoms with van der Waals surface area (Å²) in [5.74, 6) is 1.19. The molecule has 5 nitrogen and oxygen atoms in total. The van der Waals surface area contributed by atoms with E-state index in [1.165, 1.54) is 10.4 Å². The molecule has 4 aliphatic heterocycles. The van der Waals surface area contributed by atoms with Crippen LogP contribution in [0.1, 0.15) is 36.1 Å². The molecule has 142 valence electrons. The molecule has 7 heteroatoms. The van der Waals surface area contributed by atoms with Crippen LogP contribution in [0.3, 0.4) is 0 Å². The molecule has 2 bridgehead atoms. The van der Waals surface area contributed by atoms with Crippen molar-refractivity contribution in [2.45, 2.75) is 50.7 Å². The van der Waals surface area contributed by atoms with Crippen LogP contribution in [0, 0.1) is 11.8 Å². The van der Waals surface area contributed by atoms with E-state index in [1.807, 2.05) is 9.80 Å². The number of carbonyl (C=O) groups is 2. The molecule has 0 unspecified atom stereocenters. The highest BCUT2D eigenvalue weighted by atomic mass is 35.5. The van der Waals surface area contributed by atoms with Crippen LogP contribution < -0.4 is 5.32 Å². The van der Waals surface area contributed by atoms with Crippen LogP contribution in [0.4, 0.5) is 0 Å². The van der Waals surface area contributed by atoms with E-state index in [2.05, 4.69) is 16.8 Å². The molecule has 0 aliphatic carbocycles. The lowest BCUT2D eigenvalue weighted by molar-refractivity contribution is -0.162. The minimum absolute atomic E-state index is 0. The molecule has 0 saturated carbocycles. The van der Waals surface area contributed by atoms with Crippen LogP contribution in [-0.2, 0) is 22.6 Å². The predicted molar refractivity (Wildman–Crippen MR) is 103 cm³/mol. The van der Waals surface area contributed by atoms with Crippen LogP contribution >= 0.6 is 23.7 Å². The van der Waals surface area contributed by atoms with Crippen molar-refractivity contribution in [2.24, 2.45) is 11.8 Å². The van der Waals surface area contributed by atoms with Gasteiger partial charge in [0.2, 0.25) is 11.8 Å². The summed E-state index contributed by atoms with van der Waals surface area (Å²) < 4.78 is 0. The fraction of sp³-hybridized carbons (Fsp3) is 0.684. The molecule has 1 aromatic rings. The summed E-state index contributed by atoms with van der Waals surface area (Å²) in [5, 5.41) is 5.65. The summed E-state index contributed by atoms with van der Waals surface area (Å²) in [6, 6.07) is 2.16. The molecule has 3 saturated heterocycles. The summed E-state index contributed by atoms with van der Waals surface area (Å²) in [5.41, 5.74) is 1.29. The van der Waals surface area contributed by atoms with E-state index < -0.39 is 0 Å². The van der Waals surface area contributed by atoms with E-state index in [1.54, 1.807) is 11.3 Å². The second-order valence-electron chi connectivity index (χ2n) is 8.00. The fourth-order valence-corrected chi connectivity index (χ4v) is 6.34. The van der Waals surface area contributed by atoms with Gasteiger partial charge in [0, 0.05) is 42.9 Å². The number of thiophene rings is 1. The summed E-state index contributed by atoms with van der Waals surface area (Å²) in [4.78, 5) is 31.7. The van der Waals surface area contributed by atoms with Gasteiger partial charge in [-0.15, -0.1) is 23.7 Å². The first kappa shape index (κ1) is 18.3. The van der Waals surface area contributed by atoms with Crippen molar-refractivity contribution in [3.8, 4) is 0 Å². The zero-order chi connectivity index (χ0) is 17.0. The van der Waals surface area contributed by atoms with E-state index in [-0.39, 0.29) is 42.2 Å². The van der Waals surface area contributed by atoms with Gasteiger partial charge in [-0.05, 0) is 55.2 Å². The summed E-state index contributed by atoms with van der Waals surface area (Å²) >= 11 is 1.80. The number of hydrogen-bond acceptors (Lipinski definition) is 4. The number of halogens is 1. The zero-order valence-electron chi connectivity index (χ0n) is 14.9. The van der Waals surface area contributed by atoms with Gasteiger partial charge in [-0.3, -0.25) is 9.59 Å². The highest BCUT2D eigenvalue weighted by Gasteiger charge is 2.51. The molecule has 5 heterocycles. The smallest absolute Gasteiger partial charge is 0.246 e. The third-order valence-corrected chi connectivity index (χ3v) is 7.64. The van der Waals surface area contributed by atoms with E-state index in [0.29, 0.717) is 18.9 Å². The molecule has 0 radical (unpaired) electrons. The third-order valence-electron chi connectivity index (χ3n) is 6.62. The van der Waals surface area contributed by atoms with Crippen LogP contribution in [0.25, 0.3) is 0 Å². The van der Waals surface area contributed by atoms with Crippen molar-refractivity contribution >= 4 is 35.6 Å². The average molecular weight is 396 g/mol. The van der Waals surface area contributed by atoms with Gasteiger partial charge in [-0.2, -0.15) is 0 Å². The van der Waals surface area contributed by atoms with Crippen LogP contribution in [0.15, 0.2) is 11.4 Å². The van der Waals surface area contributed by atoms with Gasteiger partial charge in [0.05, 0.1) is 0 Å². The Hall–Kier alpha value is -1.11. The lowest BCUT2D eigenvalue weighted by atomic mass is 9.72. The van der Waals surface area contributed by atoms with Gasteiger partial charge >= 0.3 is 0 Å². The largest absolute Gasteiger partial charge is 0.336 e. The van der Waals surface area contributed by atoms with E-state index >= 15 is 0 Å². The minimum atomic E-state index is -0.248. The maximum absolute atomic E-state index is 13.5. The molecule has 26 heavy (non-hydrogen) atoms. The number of carbonyl (C=O) groups excluding carboxylic acids is 2. The first-order chi connectivity index (χ1) is 12.2. The van der Waals surface area contributed by atoms with Gasteiger partial charge in [-0.1, -0.05) is 0 Å². The van der Waals surface area contributed by atoms with E-state index in [9.17, 15) is 9.59 Å². The Morgan fingerprint density at radius 1 is 1.23 bits per heavy atom. The van der Waals surface area contributed by atoms with E-state index in [0.717, 1.165) is 45.3 Å². The molecule has 1 aromatic heterocycles. The quantitative estimate of drug-likeness (QED) is 0.791. The maximum Gasteiger partial charge on any atom is 0.246 e. The van der Waals surface area contributed by atoms with Gasteiger partial charge in [-0.25, -0.2) is 0 Å². The van der Waals surface area contributed by atoms with Gasteiger partial charge in [0.25, 0.3) is 0 Å². The Labute approximate surface area is 164 Å². The van der Waals surface area contributed by atoms with Crippen LogP contribution in [0.2, 0.25) is 0 Å². The SMILES string of the molecule is Cl.O=C([C@H]1[C@@H]2CNC[C@@H](C2)[C@@H]2CCCC(=O)N21)N1CCc2sccc2C1. The van der Waals surface area contributed by atoms with E-state index in [4.69, 9.17) is 0 Å². The first-order valence-electron chi connectivity index (χ1n) is 9.58. The number of amides is 2. The molecule has 1 N–H and O–H groups in total. The number of rotatable bonds is 1. The monoisotopic (exact) mass is 395 g/mol. The van der Waals surface area contributed by atoms with Crippen molar-refractivity contribution in [3.05, 3.63) is 21.9 Å².